The van der Waals surface area contributed by atoms with Gasteiger partial charge >= 0.3 is 0 Å². The predicted molar refractivity (Wildman–Crippen MR) is 61.8 cm³/mol. The maximum atomic E-state index is 11.9. The second-order valence-electron chi connectivity index (χ2n) is 4.57. The zero-order chi connectivity index (χ0) is 13.2. The van der Waals surface area contributed by atoms with E-state index in [1.165, 1.54) is 11.8 Å². The second-order valence-corrected chi connectivity index (χ2v) is 4.57. The number of rotatable bonds is 2. The highest BCUT2D eigenvalue weighted by atomic mass is 16.2. The molecule has 96 valence electrons. The average molecular weight is 241 g/mol. The van der Waals surface area contributed by atoms with Crippen LogP contribution in [0, 0.1) is 5.92 Å². The molecule has 1 aliphatic rings. The number of primary amides is 1. The van der Waals surface area contributed by atoms with Gasteiger partial charge in [0.05, 0.1) is 6.54 Å². The summed E-state index contributed by atoms with van der Waals surface area (Å²) in [5.41, 5.74) is 5.29. The highest BCUT2D eigenvalue weighted by molar-refractivity contribution is 5.88. The molecule has 0 spiro atoms. The molecular formula is C11H19N3O3. The molecule has 1 saturated heterocycles. The Hall–Kier alpha value is -1.59. The topological polar surface area (TPSA) is 83.7 Å². The van der Waals surface area contributed by atoms with Crippen molar-refractivity contribution in [2.75, 3.05) is 19.6 Å². The van der Waals surface area contributed by atoms with Gasteiger partial charge in [0.25, 0.3) is 0 Å². The van der Waals surface area contributed by atoms with Crippen molar-refractivity contribution < 1.29 is 14.4 Å². The lowest BCUT2D eigenvalue weighted by Gasteiger charge is -2.40. The molecule has 1 rings (SSSR count). The first kappa shape index (κ1) is 13.5. The van der Waals surface area contributed by atoms with Gasteiger partial charge in [0.1, 0.15) is 6.04 Å². The molecular weight excluding hydrogens is 222 g/mol. The summed E-state index contributed by atoms with van der Waals surface area (Å²) in [7, 11) is 0. The van der Waals surface area contributed by atoms with Crippen molar-refractivity contribution in [2.45, 2.75) is 26.8 Å². The van der Waals surface area contributed by atoms with E-state index in [2.05, 4.69) is 0 Å². The number of hydrogen-bond acceptors (Lipinski definition) is 3. The minimum Gasteiger partial charge on any atom is -0.368 e. The molecule has 1 atom stereocenters. The van der Waals surface area contributed by atoms with Gasteiger partial charge in [0.15, 0.2) is 0 Å². The fourth-order valence-corrected chi connectivity index (χ4v) is 1.91. The third kappa shape index (κ3) is 2.95. The average Bonchev–Trinajstić information content (AvgIpc) is 2.26. The van der Waals surface area contributed by atoms with E-state index < -0.39 is 11.9 Å². The van der Waals surface area contributed by atoms with Crippen molar-refractivity contribution in [2.24, 2.45) is 11.7 Å². The molecule has 1 fully saturated rings. The summed E-state index contributed by atoms with van der Waals surface area (Å²) in [6.45, 7) is 6.01. The van der Waals surface area contributed by atoms with Gasteiger partial charge in [-0.3, -0.25) is 14.4 Å². The molecule has 3 amide bonds. The van der Waals surface area contributed by atoms with Crippen LogP contribution in [0.5, 0.6) is 0 Å². The fraction of sp³-hybridized carbons (Fsp3) is 0.727. The monoisotopic (exact) mass is 241 g/mol. The number of nitrogens with two attached hydrogens (primary N) is 1. The first-order chi connectivity index (χ1) is 7.84. The van der Waals surface area contributed by atoms with Crippen LogP contribution in [0.3, 0.4) is 0 Å². The van der Waals surface area contributed by atoms with Crippen molar-refractivity contribution in [3.05, 3.63) is 0 Å². The van der Waals surface area contributed by atoms with E-state index in [0.29, 0.717) is 13.1 Å². The third-order valence-corrected chi connectivity index (χ3v) is 2.93. The van der Waals surface area contributed by atoms with E-state index in [0.717, 1.165) is 0 Å². The molecule has 1 heterocycles. The Labute approximate surface area is 101 Å². The maximum absolute atomic E-state index is 11.9. The smallest absolute Gasteiger partial charge is 0.242 e. The van der Waals surface area contributed by atoms with E-state index in [9.17, 15) is 14.4 Å². The number of nitrogens with zero attached hydrogens (tertiary/aromatic N) is 2. The van der Waals surface area contributed by atoms with Crippen LogP contribution in [-0.2, 0) is 14.4 Å². The summed E-state index contributed by atoms with van der Waals surface area (Å²) >= 11 is 0. The van der Waals surface area contributed by atoms with E-state index in [4.69, 9.17) is 5.73 Å². The second kappa shape index (κ2) is 5.16. The molecule has 0 radical (unpaired) electrons. The van der Waals surface area contributed by atoms with E-state index in [-0.39, 0.29) is 24.3 Å². The molecule has 0 saturated carbocycles. The minimum absolute atomic E-state index is 0.1000. The van der Waals surface area contributed by atoms with Gasteiger partial charge in [-0.2, -0.15) is 0 Å². The highest BCUT2D eigenvalue weighted by Crippen LogP contribution is 2.13. The van der Waals surface area contributed by atoms with Crippen LogP contribution < -0.4 is 5.73 Å². The number of carbonyl (C=O) groups excluding carboxylic acids is 3. The largest absolute Gasteiger partial charge is 0.368 e. The Morgan fingerprint density at radius 1 is 1.24 bits per heavy atom. The summed E-state index contributed by atoms with van der Waals surface area (Å²) in [6, 6.07) is -0.706. The van der Waals surface area contributed by atoms with Crippen LogP contribution in [0.2, 0.25) is 0 Å². The third-order valence-electron chi connectivity index (χ3n) is 2.93. The van der Waals surface area contributed by atoms with Crippen molar-refractivity contribution >= 4 is 17.7 Å². The summed E-state index contributed by atoms with van der Waals surface area (Å²) in [5, 5.41) is 0. The van der Waals surface area contributed by atoms with Gasteiger partial charge in [-0.25, -0.2) is 0 Å². The van der Waals surface area contributed by atoms with Gasteiger partial charge in [0.2, 0.25) is 17.7 Å². The van der Waals surface area contributed by atoms with Crippen LogP contribution in [0.1, 0.15) is 20.8 Å². The van der Waals surface area contributed by atoms with E-state index in [1.807, 2.05) is 0 Å². The number of amides is 3. The lowest BCUT2D eigenvalue weighted by atomic mass is 10.1. The molecule has 2 N–H and O–H groups in total. The quantitative estimate of drug-likeness (QED) is 0.686. The van der Waals surface area contributed by atoms with Gasteiger partial charge in [0, 0.05) is 25.9 Å². The highest BCUT2D eigenvalue weighted by Gasteiger charge is 2.35. The zero-order valence-corrected chi connectivity index (χ0v) is 10.5. The SMILES string of the molecule is CC(=O)N1CCN(C(=O)C(C)C)[C@H](C(N)=O)C1. The Balaban J connectivity index is 2.83. The molecule has 6 heteroatoms. The Morgan fingerprint density at radius 2 is 1.82 bits per heavy atom. The first-order valence-corrected chi connectivity index (χ1v) is 5.70. The lowest BCUT2D eigenvalue weighted by Crippen LogP contribution is -2.61. The molecule has 17 heavy (non-hydrogen) atoms. The number of hydrogen-bond donors (Lipinski definition) is 1. The molecule has 6 nitrogen and oxygen atoms in total. The van der Waals surface area contributed by atoms with Gasteiger partial charge in [-0.15, -0.1) is 0 Å². The van der Waals surface area contributed by atoms with Crippen LogP contribution >= 0.6 is 0 Å². The van der Waals surface area contributed by atoms with Gasteiger partial charge in [-0.05, 0) is 0 Å². The van der Waals surface area contributed by atoms with E-state index in [1.54, 1.807) is 18.7 Å². The zero-order valence-electron chi connectivity index (χ0n) is 10.5. The van der Waals surface area contributed by atoms with Crippen LogP contribution in [0.25, 0.3) is 0 Å². The molecule has 0 aromatic rings. The van der Waals surface area contributed by atoms with Gasteiger partial charge < -0.3 is 15.5 Å². The first-order valence-electron chi connectivity index (χ1n) is 5.70. The lowest BCUT2D eigenvalue weighted by molar-refractivity contribution is -0.148. The Bertz CT molecular complexity index is 341. The predicted octanol–water partition coefficient (Wildman–Crippen LogP) is -0.813. The van der Waals surface area contributed by atoms with Gasteiger partial charge in [-0.1, -0.05) is 13.8 Å². The summed E-state index contributed by atoms with van der Waals surface area (Å²) in [4.78, 5) is 37.5. The fourth-order valence-electron chi connectivity index (χ4n) is 1.91. The molecule has 0 aromatic carbocycles. The molecule has 1 aliphatic heterocycles. The van der Waals surface area contributed by atoms with Crippen molar-refractivity contribution in [3.8, 4) is 0 Å². The molecule has 0 aliphatic carbocycles. The molecule has 0 bridgehead atoms. The summed E-state index contributed by atoms with van der Waals surface area (Å²) < 4.78 is 0. The van der Waals surface area contributed by atoms with Crippen molar-refractivity contribution in [1.29, 1.82) is 0 Å². The Kier molecular flexibility index (Phi) is 4.09. The van der Waals surface area contributed by atoms with Crippen LogP contribution in [0.15, 0.2) is 0 Å². The van der Waals surface area contributed by atoms with Crippen LogP contribution in [-0.4, -0.2) is 53.2 Å². The van der Waals surface area contributed by atoms with Crippen molar-refractivity contribution in [3.63, 3.8) is 0 Å². The number of carbonyl (C=O) groups is 3. The summed E-state index contributed by atoms with van der Waals surface area (Å²) in [6.07, 6.45) is 0. The number of piperazine rings is 1. The van der Waals surface area contributed by atoms with Crippen LogP contribution in [0.4, 0.5) is 0 Å². The minimum atomic E-state index is -0.706. The van der Waals surface area contributed by atoms with Crippen molar-refractivity contribution in [1.82, 2.24) is 9.80 Å². The maximum Gasteiger partial charge on any atom is 0.242 e. The molecule has 0 aromatic heterocycles. The summed E-state index contributed by atoms with van der Waals surface area (Å²) in [5.74, 6) is -0.949. The van der Waals surface area contributed by atoms with E-state index >= 15 is 0 Å². The standard InChI is InChI=1S/C11H19N3O3/c1-7(2)11(17)14-5-4-13(8(3)15)6-9(14)10(12)16/h7,9H,4-6H2,1-3H3,(H2,12,16)/t9-/m0/s1. The Morgan fingerprint density at radius 3 is 2.24 bits per heavy atom. The normalized spacial score (nSPS) is 20.6. The molecule has 0 unspecified atom stereocenters.